The summed E-state index contributed by atoms with van der Waals surface area (Å²) in [7, 11) is 0. The number of hydrogen-bond donors (Lipinski definition) is 1. The highest BCUT2D eigenvalue weighted by molar-refractivity contribution is 6.31. The molecular weight excluding hydrogens is 404 g/mol. The summed E-state index contributed by atoms with van der Waals surface area (Å²) in [5, 5.41) is 7.19. The fraction of sp³-hybridized carbons (Fsp3) is 0.273. The molecule has 0 fully saturated rings. The third-order valence-electron chi connectivity index (χ3n) is 4.63. The SMILES string of the molecule is CCCNC(=O)c1nn(-c2ccc(C)c(Cl)c2)c(=O)n(Cc2cccc(C)c2)c1=O. The van der Waals surface area contributed by atoms with Crippen LogP contribution >= 0.6 is 11.6 Å². The molecule has 1 N–H and O–H groups in total. The van der Waals surface area contributed by atoms with E-state index in [1.54, 1.807) is 18.2 Å². The number of benzene rings is 2. The molecule has 1 amide bonds. The van der Waals surface area contributed by atoms with E-state index in [2.05, 4.69) is 10.4 Å². The van der Waals surface area contributed by atoms with E-state index in [1.165, 1.54) is 0 Å². The van der Waals surface area contributed by atoms with Crippen LogP contribution in [0.3, 0.4) is 0 Å². The number of nitrogens with one attached hydrogen (secondary N) is 1. The van der Waals surface area contributed by atoms with Gasteiger partial charge in [0, 0.05) is 11.6 Å². The molecule has 1 heterocycles. The van der Waals surface area contributed by atoms with E-state index in [-0.39, 0.29) is 12.2 Å². The van der Waals surface area contributed by atoms with Crippen molar-refractivity contribution in [3.63, 3.8) is 0 Å². The van der Waals surface area contributed by atoms with Crippen molar-refractivity contribution in [2.45, 2.75) is 33.7 Å². The van der Waals surface area contributed by atoms with Crippen molar-refractivity contribution in [2.75, 3.05) is 6.54 Å². The summed E-state index contributed by atoms with van der Waals surface area (Å²) >= 11 is 6.21. The van der Waals surface area contributed by atoms with E-state index < -0.39 is 17.2 Å². The van der Waals surface area contributed by atoms with Crippen LogP contribution in [0.1, 0.15) is 40.5 Å². The van der Waals surface area contributed by atoms with Crippen molar-refractivity contribution in [1.82, 2.24) is 19.7 Å². The Balaban J connectivity index is 2.21. The molecule has 30 heavy (non-hydrogen) atoms. The van der Waals surface area contributed by atoms with Gasteiger partial charge >= 0.3 is 5.69 Å². The third-order valence-corrected chi connectivity index (χ3v) is 5.04. The Bertz CT molecular complexity index is 1210. The normalized spacial score (nSPS) is 10.8. The smallest absolute Gasteiger partial charge is 0.350 e. The van der Waals surface area contributed by atoms with Gasteiger partial charge in [-0.2, -0.15) is 9.78 Å². The summed E-state index contributed by atoms with van der Waals surface area (Å²) in [4.78, 5) is 38.7. The Morgan fingerprint density at radius 2 is 1.90 bits per heavy atom. The van der Waals surface area contributed by atoms with Crippen molar-refractivity contribution < 1.29 is 4.79 Å². The summed E-state index contributed by atoms with van der Waals surface area (Å²) in [5.74, 6) is -0.619. The average Bonchev–Trinajstić information content (AvgIpc) is 2.71. The zero-order valence-electron chi connectivity index (χ0n) is 17.1. The molecule has 1 aromatic heterocycles. The molecule has 2 aromatic carbocycles. The lowest BCUT2D eigenvalue weighted by Crippen LogP contribution is -2.46. The van der Waals surface area contributed by atoms with Crippen LogP contribution in [0.25, 0.3) is 5.69 Å². The lowest BCUT2D eigenvalue weighted by atomic mass is 10.1. The van der Waals surface area contributed by atoms with E-state index in [1.807, 2.05) is 45.0 Å². The van der Waals surface area contributed by atoms with Gasteiger partial charge in [0.2, 0.25) is 5.69 Å². The van der Waals surface area contributed by atoms with Crippen LogP contribution in [0.5, 0.6) is 0 Å². The molecule has 0 atom stereocenters. The summed E-state index contributed by atoms with van der Waals surface area (Å²) in [6.07, 6.45) is 0.705. The van der Waals surface area contributed by atoms with E-state index >= 15 is 0 Å². The maximum Gasteiger partial charge on any atom is 0.352 e. The fourth-order valence-corrected chi connectivity index (χ4v) is 3.17. The Kier molecular flexibility index (Phi) is 6.52. The molecule has 0 unspecified atom stereocenters. The Morgan fingerprint density at radius 3 is 2.57 bits per heavy atom. The molecule has 0 aliphatic heterocycles. The second kappa shape index (κ2) is 9.09. The number of halogens is 1. The molecule has 0 aliphatic rings. The van der Waals surface area contributed by atoms with Crippen molar-refractivity contribution in [2.24, 2.45) is 0 Å². The number of carbonyl (C=O) groups is 1. The highest BCUT2D eigenvalue weighted by Gasteiger charge is 2.20. The largest absolute Gasteiger partial charge is 0.352 e. The molecule has 0 saturated carbocycles. The molecule has 0 aliphatic carbocycles. The monoisotopic (exact) mass is 426 g/mol. The second-order valence-corrected chi connectivity index (χ2v) is 7.52. The standard InChI is InChI=1S/C22H23ClN4O3/c1-4-10-24-20(28)19-21(29)26(13-16-7-5-6-14(2)11-16)22(30)27(25-19)17-9-8-15(3)18(23)12-17/h5-9,11-12H,4,10,13H2,1-3H3,(H,24,28). The van der Waals surface area contributed by atoms with Crippen molar-refractivity contribution >= 4 is 17.5 Å². The quantitative estimate of drug-likeness (QED) is 0.656. The zero-order valence-corrected chi connectivity index (χ0v) is 17.9. The molecular formula is C22H23ClN4O3. The third kappa shape index (κ3) is 4.52. The minimum absolute atomic E-state index is 0.0233. The van der Waals surface area contributed by atoms with Gasteiger partial charge in [-0.15, -0.1) is 0 Å². The number of aromatic nitrogens is 3. The van der Waals surface area contributed by atoms with Crippen LogP contribution in [0.15, 0.2) is 52.1 Å². The summed E-state index contributed by atoms with van der Waals surface area (Å²) < 4.78 is 2.07. The van der Waals surface area contributed by atoms with Crippen LogP contribution in [-0.2, 0) is 6.54 Å². The number of nitrogens with zero attached hydrogens (tertiary/aromatic N) is 3. The van der Waals surface area contributed by atoms with Gasteiger partial charge in [-0.1, -0.05) is 54.4 Å². The predicted octanol–water partition coefficient (Wildman–Crippen LogP) is 2.85. The predicted molar refractivity (Wildman–Crippen MR) is 117 cm³/mol. The molecule has 7 nitrogen and oxygen atoms in total. The van der Waals surface area contributed by atoms with Gasteiger partial charge in [-0.05, 0) is 43.5 Å². The first-order valence-electron chi connectivity index (χ1n) is 9.66. The zero-order chi connectivity index (χ0) is 21.8. The highest BCUT2D eigenvalue weighted by Crippen LogP contribution is 2.18. The fourth-order valence-electron chi connectivity index (χ4n) is 2.99. The van der Waals surface area contributed by atoms with Crippen molar-refractivity contribution in [3.05, 3.63) is 90.7 Å². The van der Waals surface area contributed by atoms with Gasteiger partial charge in [0.1, 0.15) is 0 Å². The van der Waals surface area contributed by atoms with E-state index in [9.17, 15) is 14.4 Å². The molecule has 0 spiro atoms. The minimum Gasteiger partial charge on any atom is -0.350 e. The molecule has 0 saturated heterocycles. The molecule has 0 bridgehead atoms. The van der Waals surface area contributed by atoms with Gasteiger partial charge in [-0.25, -0.2) is 4.79 Å². The number of hydrogen-bond acceptors (Lipinski definition) is 4. The average molecular weight is 427 g/mol. The summed E-state index contributed by atoms with van der Waals surface area (Å²) in [5.41, 5.74) is 1.26. The number of amides is 1. The van der Waals surface area contributed by atoms with Gasteiger partial charge in [-0.3, -0.25) is 14.2 Å². The summed E-state index contributed by atoms with van der Waals surface area (Å²) in [6.45, 7) is 6.08. The van der Waals surface area contributed by atoms with Crippen molar-refractivity contribution in [3.8, 4) is 5.69 Å². The van der Waals surface area contributed by atoms with E-state index in [0.29, 0.717) is 23.7 Å². The highest BCUT2D eigenvalue weighted by atomic mass is 35.5. The van der Waals surface area contributed by atoms with Crippen LogP contribution < -0.4 is 16.6 Å². The van der Waals surface area contributed by atoms with Crippen LogP contribution in [0.2, 0.25) is 5.02 Å². The van der Waals surface area contributed by atoms with Gasteiger partial charge in [0.15, 0.2) is 0 Å². The topological polar surface area (TPSA) is 86.0 Å². The lowest BCUT2D eigenvalue weighted by Gasteiger charge is -2.13. The van der Waals surface area contributed by atoms with Crippen LogP contribution in [0, 0.1) is 13.8 Å². The first-order valence-corrected chi connectivity index (χ1v) is 10.0. The molecule has 3 aromatic rings. The molecule has 3 rings (SSSR count). The van der Waals surface area contributed by atoms with Crippen molar-refractivity contribution in [1.29, 1.82) is 0 Å². The maximum absolute atomic E-state index is 13.2. The Labute approximate surface area is 178 Å². The van der Waals surface area contributed by atoms with Crippen LogP contribution in [0.4, 0.5) is 0 Å². The molecule has 156 valence electrons. The Hall–Kier alpha value is -3.19. The van der Waals surface area contributed by atoms with E-state index in [0.717, 1.165) is 25.9 Å². The van der Waals surface area contributed by atoms with Crippen LogP contribution in [-0.4, -0.2) is 26.8 Å². The number of carbonyl (C=O) groups excluding carboxylic acids is 1. The van der Waals surface area contributed by atoms with Gasteiger partial charge in [0.25, 0.3) is 11.5 Å². The summed E-state index contributed by atoms with van der Waals surface area (Å²) in [6, 6.07) is 12.5. The maximum atomic E-state index is 13.2. The first kappa shape index (κ1) is 21.5. The lowest BCUT2D eigenvalue weighted by molar-refractivity contribution is 0.0944. The Morgan fingerprint density at radius 1 is 1.13 bits per heavy atom. The first-order chi connectivity index (χ1) is 14.3. The second-order valence-electron chi connectivity index (χ2n) is 7.11. The van der Waals surface area contributed by atoms with Gasteiger partial charge < -0.3 is 5.32 Å². The minimum atomic E-state index is -0.732. The molecule has 8 heteroatoms. The van der Waals surface area contributed by atoms with E-state index in [4.69, 9.17) is 11.6 Å². The number of aryl methyl sites for hydroxylation is 2. The molecule has 0 radical (unpaired) electrons. The van der Waals surface area contributed by atoms with Gasteiger partial charge in [0.05, 0.1) is 12.2 Å². The number of rotatable bonds is 6.